The maximum Gasteiger partial charge on any atom is 0.288 e. The minimum absolute atomic E-state index is 0.00325. The number of hydrogen-bond donors (Lipinski definition) is 0. The van der Waals surface area contributed by atoms with E-state index in [4.69, 9.17) is 4.28 Å². The number of fused-ring (bicyclic) bond motifs is 2. The normalized spacial score (nSPS) is 13.4. The van der Waals surface area contributed by atoms with Gasteiger partial charge in [0.15, 0.2) is 0 Å². The summed E-state index contributed by atoms with van der Waals surface area (Å²) in [4.78, 5) is 2.07. The smallest absolute Gasteiger partial charge is 0.202 e. The first-order valence-electron chi connectivity index (χ1n) is 9.61. The van der Waals surface area contributed by atoms with E-state index in [9.17, 15) is 8.42 Å². The van der Waals surface area contributed by atoms with Crippen molar-refractivity contribution in [1.29, 1.82) is 0 Å². The lowest BCUT2D eigenvalue weighted by Gasteiger charge is -2.33. The second kappa shape index (κ2) is 8.25. The van der Waals surface area contributed by atoms with Gasteiger partial charge in [-0.25, -0.2) is 5.06 Å². The summed E-state index contributed by atoms with van der Waals surface area (Å²) in [6.45, 7) is 8.16. The molecule has 1 aliphatic heterocycles. The Morgan fingerprint density at radius 3 is 2.30 bits per heavy atom. The molecule has 0 N–H and O–H groups in total. The summed E-state index contributed by atoms with van der Waals surface area (Å²) >= 11 is 1.69. The van der Waals surface area contributed by atoms with Crippen LogP contribution in [0.2, 0.25) is 0 Å². The number of rotatable bonds is 7. The van der Waals surface area contributed by atoms with E-state index < -0.39 is 10.1 Å². The van der Waals surface area contributed by atoms with Gasteiger partial charge in [0.2, 0.25) is 0 Å². The topological polar surface area (TPSA) is 46.6 Å². The van der Waals surface area contributed by atoms with E-state index in [0.717, 1.165) is 51.6 Å². The highest BCUT2D eigenvalue weighted by molar-refractivity contribution is 7.99. The summed E-state index contributed by atoms with van der Waals surface area (Å²) in [5, 5.41) is 1.56. The van der Waals surface area contributed by atoms with Crippen molar-refractivity contribution >= 4 is 33.3 Å². The van der Waals surface area contributed by atoms with Crippen molar-refractivity contribution in [2.24, 2.45) is 0 Å². The summed E-state index contributed by atoms with van der Waals surface area (Å²) in [6, 6.07) is 10.5. The molecule has 1 heterocycles. The molecule has 0 atom stereocenters. The first kappa shape index (κ1) is 20.2. The molecule has 0 bridgehead atoms. The molecule has 1 aliphatic rings. The number of aryl methyl sites for hydroxylation is 3. The molecule has 146 valence electrons. The molecule has 0 unspecified atom stereocenters. The Kier molecular flexibility index (Phi) is 6.18. The highest BCUT2D eigenvalue weighted by atomic mass is 32.2. The van der Waals surface area contributed by atoms with Crippen molar-refractivity contribution in [2.45, 2.75) is 63.2 Å². The quantitative estimate of drug-likeness (QED) is 0.596. The van der Waals surface area contributed by atoms with Gasteiger partial charge in [0, 0.05) is 9.79 Å². The van der Waals surface area contributed by atoms with Gasteiger partial charge in [0.05, 0.1) is 17.1 Å². The molecule has 2 aromatic rings. The van der Waals surface area contributed by atoms with Crippen LogP contribution in [0, 0.1) is 0 Å². The molecule has 0 aliphatic carbocycles. The van der Waals surface area contributed by atoms with Crippen LogP contribution in [0.4, 0.5) is 11.4 Å². The van der Waals surface area contributed by atoms with Crippen LogP contribution in [-0.2, 0) is 33.7 Å². The van der Waals surface area contributed by atoms with Crippen LogP contribution in [0.3, 0.4) is 0 Å². The SMILES string of the molecule is CCCS(=O)(=O)ON1c2cc(CC)ccc2Sc2cc(CC)cc(CC)c21. The lowest BCUT2D eigenvalue weighted by atomic mass is 10.0. The molecule has 0 amide bonds. The first-order chi connectivity index (χ1) is 12.9. The average molecular weight is 406 g/mol. The molecule has 0 fully saturated rings. The predicted molar refractivity (Wildman–Crippen MR) is 112 cm³/mol. The molecular weight excluding hydrogens is 378 g/mol. The van der Waals surface area contributed by atoms with Crippen molar-refractivity contribution in [3.8, 4) is 0 Å². The molecule has 0 saturated carbocycles. The Morgan fingerprint density at radius 2 is 1.67 bits per heavy atom. The molecule has 0 saturated heterocycles. The molecule has 6 heteroatoms. The number of hydrogen-bond acceptors (Lipinski definition) is 5. The third-order valence-electron chi connectivity index (χ3n) is 4.72. The Labute approximate surface area is 167 Å². The fraction of sp³-hybridized carbons (Fsp3) is 0.429. The van der Waals surface area contributed by atoms with E-state index in [2.05, 4.69) is 45.0 Å². The van der Waals surface area contributed by atoms with Crippen LogP contribution in [-0.4, -0.2) is 14.2 Å². The van der Waals surface area contributed by atoms with E-state index in [1.54, 1.807) is 16.8 Å². The molecular formula is C21H27NO3S2. The Morgan fingerprint density at radius 1 is 0.926 bits per heavy atom. The second-order valence-corrected chi connectivity index (χ2v) is 9.45. The van der Waals surface area contributed by atoms with Crippen molar-refractivity contribution in [3.63, 3.8) is 0 Å². The maximum atomic E-state index is 12.5. The molecule has 2 aromatic carbocycles. The van der Waals surface area contributed by atoms with E-state index >= 15 is 0 Å². The third-order valence-corrected chi connectivity index (χ3v) is 7.10. The fourth-order valence-electron chi connectivity index (χ4n) is 3.26. The summed E-state index contributed by atoms with van der Waals surface area (Å²) in [5.74, 6) is 0.00325. The minimum Gasteiger partial charge on any atom is -0.202 e. The molecule has 0 spiro atoms. The van der Waals surface area contributed by atoms with Gasteiger partial charge in [0.25, 0.3) is 10.1 Å². The van der Waals surface area contributed by atoms with Crippen LogP contribution in [0.1, 0.15) is 50.8 Å². The summed E-state index contributed by atoms with van der Waals surface area (Å²) in [5.41, 5.74) is 5.19. The van der Waals surface area contributed by atoms with Gasteiger partial charge >= 0.3 is 0 Å². The van der Waals surface area contributed by atoms with Crippen LogP contribution in [0.15, 0.2) is 40.1 Å². The van der Waals surface area contributed by atoms with Crippen LogP contribution < -0.4 is 5.06 Å². The van der Waals surface area contributed by atoms with Crippen molar-refractivity contribution < 1.29 is 12.7 Å². The van der Waals surface area contributed by atoms with Gasteiger partial charge in [-0.05, 0) is 60.6 Å². The third kappa shape index (κ3) is 4.18. The van der Waals surface area contributed by atoms with Gasteiger partial charge < -0.3 is 0 Å². The van der Waals surface area contributed by atoms with Gasteiger partial charge in [-0.3, -0.25) is 0 Å². The Bertz CT molecular complexity index is 939. The van der Waals surface area contributed by atoms with Crippen molar-refractivity contribution in [1.82, 2.24) is 0 Å². The van der Waals surface area contributed by atoms with Gasteiger partial charge in [-0.15, -0.1) is 4.28 Å². The Hall–Kier alpha value is -1.50. The highest BCUT2D eigenvalue weighted by Gasteiger charge is 2.31. The number of benzene rings is 2. The monoisotopic (exact) mass is 405 g/mol. The lowest BCUT2D eigenvalue weighted by Crippen LogP contribution is -2.28. The van der Waals surface area contributed by atoms with Gasteiger partial charge in [-0.1, -0.05) is 51.6 Å². The maximum absolute atomic E-state index is 12.5. The lowest BCUT2D eigenvalue weighted by molar-refractivity contribution is 0.318. The number of anilines is 2. The zero-order valence-electron chi connectivity index (χ0n) is 16.4. The van der Waals surface area contributed by atoms with E-state index in [1.165, 1.54) is 5.56 Å². The van der Waals surface area contributed by atoms with E-state index in [1.807, 2.05) is 13.0 Å². The van der Waals surface area contributed by atoms with E-state index in [-0.39, 0.29) is 5.75 Å². The van der Waals surface area contributed by atoms with Crippen molar-refractivity contribution in [3.05, 3.63) is 47.0 Å². The van der Waals surface area contributed by atoms with Gasteiger partial charge in [-0.2, -0.15) is 8.42 Å². The van der Waals surface area contributed by atoms with Crippen LogP contribution in [0.5, 0.6) is 0 Å². The summed E-state index contributed by atoms with van der Waals surface area (Å²) in [7, 11) is -3.66. The summed E-state index contributed by atoms with van der Waals surface area (Å²) in [6.07, 6.45) is 3.16. The van der Waals surface area contributed by atoms with Crippen LogP contribution >= 0.6 is 11.8 Å². The van der Waals surface area contributed by atoms with Crippen molar-refractivity contribution in [2.75, 3.05) is 10.8 Å². The molecule has 0 radical (unpaired) electrons. The second-order valence-electron chi connectivity index (χ2n) is 6.70. The zero-order valence-corrected chi connectivity index (χ0v) is 18.0. The average Bonchev–Trinajstić information content (AvgIpc) is 2.66. The predicted octanol–water partition coefficient (Wildman–Crippen LogP) is 5.65. The molecule has 3 rings (SSSR count). The largest absolute Gasteiger partial charge is 0.288 e. The fourth-order valence-corrected chi connectivity index (χ4v) is 5.35. The zero-order chi connectivity index (χ0) is 19.6. The first-order valence-corrected chi connectivity index (χ1v) is 12.0. The van der Waals surface area contributed by atoms with Gasteiger partial charge in [0.1, 0.15) is 0 Å². The Balaban J connectivity index is 2.20. The summed E-state index contributed by atoms with van der Waals surface area (Å²) < 4.78 is 30.7. The highest BCUT2D eigenvalue weighted by Crippen LogP contribution is 2.51. The van der Waals surface area contributed by atoms with Crippen LogP contribution in [0.25, 0.3) is 0 Å². The molecule has 27 heavy (non-hydrogen) atoms. The number of nitrogens with zero attached hydrogens (tertiary/aromatic N) is 1. The standard InChI is InChI=1S/C21H27NO3S2/c1-5-11-27(23,24)25-22-18-13-15(6-2)9-10-19(18)26-20-14-16(7-3)12-17(8-4)21(20)22/h9-10,12-14H,5-8,11H2,1-4H3. The van der Waals surface area contributed by atoms with E-state index in [0.29, 0.717) is 6.42 Å². The minimum atomic E-state index is -3.66. The molecule has 0 aromatic heterocycles. The molecule has 4 nitrogen and oxygen atoms in total.